The number of benzene rings is 3. The molecule has 3 aromatic carbocycles. The first-order valence-corrected chi connectivity index (χ1v) is 12.1. The van der Waals surface area contributed by atoms with Gasteiger partial charge in [-0.2, -0.15) is 0 Å². The van der Waals surface area contributed by atoms with Crippen molar-refractivity contribution >= 4 is 17.3 Å². The molecule has 1 heterocycles. The van der Waals surface area contributed by atoms with Crippen LogP contribution in [0.25, 0.3) is 0 Å². The average molecular weight is 465 g/mol. The smallest absolute Gasteiger partial charge is 0.0900 e. The molecule has 33 heavy (non-hydrogen) atoms. The number of halogens is 1. The highest BCUT2D eigenvalue weighted by Crippen LogP contribution is 2.26. The summed E-state index contributed by atoms with van der Waals surface area (Å²) in [5.41, 5.74) is 4.91. The standard InChI is InChI=1S/C28H33ClN2O2/c1-22-12-13-25(29)18-28(22)31-16-14-30(15-17-31)19-26(32)20-33-21-27(23-8-4-2-5-9-23)24-10-6-3-7-11-24/h2-13,18,26-27,32H,14-17,19-21H2,1H3/t26-/m1/s1. The maximum absolute atomic E-state index is 10.6. The van der Waals surface area contributed by atoms with Crippen molar-refractivity contribution in [3.63, 3.8) is 0 Å². The Morgan fingerprint density at radius 3 is 2.06 bits per heavy atom. The SMILES string of the molecule is Cc1ccc(Cl)cc1N1CCN(C[C@@H](O)COCC(c2ccccc2)c2ccccc2)CC1. The van der Waals surface area contributed by atoms with Crippen LogP contribution in [0.5, 0.6) is 0 Å². The van der Waals surface area contributed by atoms with Crippen LogP contribution in [-0.2, 0) is 4.74 Å². The van der Waals surface area contributed by atoms with Crippen LogP contribution in [0.1, 0.15) is 22.6 Å². The van der Waals surface area contributed by atoms with Crippen LogP contribution in [0.15, 0.2) is 78.9 Å². The van der Waals surface area contributed by atoms with E-state index < -0.39 is 6.10 Å². The van der Waals surface area contributed by atoms with Crippen LogP contribution in [0.4, 0.5) is 5.69 Å². The van der Waals surface area contributed by atoms with Crippen LogP contribution in [0, 0.1) is 6.92 Å². The molecule has 0 unspecified atom stereocenters. The van der Waals surface area contributed by atoms with Gasteiger partial charge in [0, 0.05) is 49.4 Å². The first-order chi connectivity index (χ1) is 16.1. The summed E-state index contributed by atoms with van der Waals surface area (Å²) in [5.74, 6) is 0.157. The molecule has 4 rings (SSSR count). The molecule has 1 aliphatic rings. The number of anilines is 1. The molecule has 174 valence electrons. The van der Waals surface area contributed by atoms with Crippen molar-refractivity contribution in [2.45, 2.75) is 18.9 Å². The molecule has 0 spiro atoms. The molecule has 5 heteroatoms. The van der Waals surface area contributed by atoms with E-state index in [-0.39, 0.29) is 5.92 Å². The monoisotopic (exact) mass is 464 g/mol. The molecule has 3 aromatic rings. The Balaban J connectivity index is 1.25. The van der Waals surface area contributed by atoms with Crippen molar-refractivity contribution in [2.75, 3.05) is 50.8 Å². The summed E-state index contributed by atoms with van der Waals surface area (Å²) in [6.45, 7) is 7.33. The summed E-state index contributed by atoms with van der Waals surface area (Å²) in [6, 6.07) is 26.9. The van der Waals surface area contributed by atoms with Gasteiger partial charge in [-0.15, -0.1) is 0 Å². The second-order valence-electron chi connectivity index (χ2n) is 8.78. The van der Waals surface area contributed by atoms with Crippen molar-refractivity contribution < 1.29 is 9.84 Å². The Hall–Kier alpha value is -2.37. The molecule has 1 atom stereocenters. The Morgan fingerprint density at radius 1 is 0.848 bits per heavy atom. The molecular formula is C28H33ClN2O2. The largest absolute Gasteiger partial charge is 0.389 e. The average Bonchev–Trinajstić information content (AvgIpc) is 2.85. The van der Waals surface area contributed by atoms with E-state index >= 15 is 0 Å². The molecule has 0 radical (unpaired) electrons. The Kier molecular flexibility index (Phi) is 8.40. The highest BCUT2D eigenvalue weighted by atomic mass is 35.5. The highest BCUT2D eigenvalue weighted by Gasteiger charge is 2.21. The fourth-order valence-electron chi connectivity index (χ4n) is 4.52. The van der Waals surface area contributed by atoms with Crippen molar-refractivity contribution in [1.82, 2.24) is 4.90 Å². The van der Waals surface area contributed by atoms with Crippen molar-refractivity contribution in [1.29, 1.82) is 0 Å². The number of β-amino-alcohol motifs (C(OH)–C–C–N with tert-alkyl or cyclic N) is 1. The first kappa shape index (κ1) is 23.8. The summed E-state index contributed by atoms with van der Waals surface area (Å²) >= 11 is 6.20. The van der Waals surface area contributed by atoms with Gasteiger partial charge in [0.25, 0.3) is 0 Å². The lowest BCUT2D eigenvalue weighted by Gasteiger charge is -2.37. The molecule has 0 aliphatic carbocycles. The lowest BCUT2D eigenvalue weighted by molar-refractivity contribution is 0.0136. The fraction of sp³-hybridized carbons (Fsp3) is 0.357. The molecule has 0 bridgehead atoms. The summed E-state index contributed by atoms with van der Waals surface area (Å²) in [5, 5.41) is 11.4. The van der Waals surface area contributed by atoms with Crippen LogP contribution < -0.4 is 4.90 Å². The number of aryl methyl sites for hydroxylation is 1. The zero-order chi connectivity index (χ0) is 23.0. The highest BCUT2D eigenvalue weighted by molar-refractivity contribution is 6.30. The predicted molar refractivity (Wildman–Crippen MR) is 136 cm³/mol. The molecule has 0 aromatic heterocycles. The topological polar surface area (TPSA) is 35.9 Å². The van der Waals surface area contributed by atoms with Crippen LogP contribution >= 0.6 is 11.6 Å². The minimum absolute atomic E-state index is 0.157. The van der Waals surface area contributed by atoms with Gasteiger partial charge in [-0.3, -0.25) is 4.90 Å². The minimum atomic E-state index is -0.503. The van der Waals surface area contributed by atoms with E-state index in [1.807, 2.05) is 24.3 Å². The first-order valence-electron chi connectivity index (χ1n) is 11.7. The van der Waals surface area contributed by atoms with Gasteiger partial charge < -0.3 is 14.7 Å². The predicted octanol–water partition coefficient (Wildman–Crippen LogP) is 4.98. The van der Waals surface area contributed by atoms with E-state index in [0.29, 0.717) is 19.8 Å². The van der Waals surface area contributed by atoms with E-state index in [4.69, 9.17) is 16.3 Å². The Morgan fingerprint density at radius 2 is 1.45 bits per heavy atom. The molecule has 0 saturated carbocycles. The quantitative estimate of drug-likeness (QED) is 0.484. The third kappa shape index (κ3) is 6.58. The molecule has 1 saturated heterocycles. The zero-order valence-electron chi connectivity index (χ0n) is 19.2. The third-order valence-corrected chi connectivity index (χ3v) is 6.59. The second kappa shape index (κ2) is 11.7. The van der Waals surface area contributed by atoms with Crippen LogP contribution in [-0.4, -0.2) is 62.0 Å². The normalized spacial score (nSPS) is 15.7. The number of hydrogen-bond acceptors (Lipinski definition) is 4. The van der Waals surface area contributed by atoms with E-state index in [1.165, 1.54) is 22.4 Å². The Labute approximate surface area is 202 Å². The number of nitrogens with zero attached hydrogens (tertiary/aromatic N) is 2. The number of aliphatic hydroxyl groups excluding tert-OH is 1. The van der Waals surface area contributed by atoms with Gasteiger partial charge >= 0.3 is 0 Å². The van der Waals surface area contributed by atoms with Gasteiger partial charge in [-0.25, -0.2) is 0 Å². The van der Waals surface area contributed by atoms with Crippen molar-refractivity contribution in [2.24, 2.45) is 0 Å². The minimum Gasteiger partial charge on any atom is -0.389 e. The maximum atomic E-state index is 10.6. The Bertz CT molecular complexity index is 952. The lowest BCUT2D eigenvalue weighted by atomic mass is 9.92. The molecule has 4 nitrogen and oxygen atoms in total. The number of rotatable bonds is 9. The van der Waals surface area contributed by atoms with E-state index in [9.17, 15) is 5.11 Å². The van der Waals surface area contributed by atoms with E-state index in [2.05, 4.69) is 71.3 Å². The lowest BCUT2D eigenvalue weighted by Crippen LogP contribution is -2.49. The number of piperazine rings is 1. The van der Waals surface area contributed by atoms with Gasteiger partial charge in [-0.05, 0) is 35.7 Å². The van der Waals surface area contributed by atoms with Crippen molar-refractivity contribution in [3.05, 3.63) is 101 Å². The molecule has 1 fully saturated rings. The van der Waals surface area contributed by atoms with Gasteiger partial charge in [0.1, 0.15) is 0 Å². The summed E-state index contributed by atoms with van der Waals surface area (Å²) in [6.07, 6.45) is -0.503. The van der Waals surface area contributed by atoms with Gasteiger partial charge in [0.2, 0.25) is 0 Å². The zero-order valence-corrected chi connectivity index (χ0v) is 20.0. The van der Waals surface area contributed by atoms with Crippen LogP contribution in [0.3, 0.4) is 0 Å². The third-order valence-electron chi connectivity index (χ3n) is 6.35. The number of hydrogen-bond donors (Lipinski definition) is 1. The second-order valence-corrected chi connectivity index (χ2v) is 9.22. The molecular weight excluding hydrogens is 432 g/mol. The fourth-order valence-corrected chi connectivity index (χ4v) is 4.69. The van der Waals surface area contributed by atoms with Crippen molar-refractivity contribution in [3.8, 4) is 0 Å². The van der Waals surface area contributed by atoms with Crippen LogP contribution in [0.2, 0.25) is 5.02 Å². The molecule has 0 amide bonds. The summed E-state index contributed by atoms with van der Waals surface area (Å²) < 4.78 is 6.03. The van der Waals surface area contributed by atoms with E-state index in [1.54, 1.807) is 0 Å². The maximum Gasteiger partial charge on any atom is 0.0900 e. The molecule has 1 aliphatic heterocycles. The summed E-state index contributed by atoms with van der Waals surface area (Å²) in [7, 11) is 0. The van der Waals surface area contributed by atoms with Gasteiger partial charge in [-0.1, -0.05) is 78.3 Å². The van der Waals surface area contributed by atoms with E-state index in [0.717, 1.165) is 31.2 Å². The van der Waals surface area contributed by atoms with Gasteiger partial charge in [0.05, 0.1) is 19.3 Å². The number of ether oxygens (including phenoxy) is 1. The van der Waals surface area contributed by atoms with Gasteiger partial charge in [0.15, 0.2) is 0 Å². The summed E-state index contributed by atoms with van der Waals surface area (Å²) in [4.78, 5) is 4.70. The number of aliphatic hydroxyl groups is 1. The molecule has 1 N–H and O–H groups in total.